The average molecular weight is 428 g/mol. The number of nitrogens with zero attached hydrogens (tertiary/aromatic N) is 2. The van der Waals surface area contributed by atoms with Gasteiger partial charge in [0.15, 0.2) is 5.96 Å². The van der Waals surface area contributed by atoms with Crippen molar-refractivity contribution in [1.29, 1.82) is 0 Å². The minimum atomic E-state index is -1.20. The fourth-order valence-electron chi connectivity index (χ4n) is 3.26. The van der Waals surface area contributed by atoms with Crippen LogP contribution in [0.5, 0.6) is 0 Å². The van der Waals surface area contributed by atoms with Crippen LogP contribution in [0.3, 0.4) is 0 Å². The highest BCUT2D eigenvalue weighted by Crippen LogP contribution is 2.18. The molecule has 0 radical (unpaired) electrons. The molecule has 0 aromatic rings. The van der Waals surface area contributed by atoms with Crippen LogP contribution >= 0.6 is 0 Å². The van der Waals surface area contributed by atoms with Crippen LogP contribution in [-0.4, -0.2) is 77.4 Å². The van der Waals surface area contributed by atoms with E-state index >= 15 is 0 Å². The number of aliphatic imine (C=N–C) groups is 1. The van der Waals surface area contributed by atoms with Crippen molar-refractivity contribution >= 4 is 29.7 Å². The lowest BCUT2D eigenvalue weighted by atomic mass is 10.0. The van der Waals surface area contributed by atoms with Gasteiger partial charge < -0.3 is 37.8 Å². The van der Waals surface area contributed by atoms with Gasteiger partial charge in [-0.2, -0.15) is 0 Å². The number of carboxylic acid groups (broad SMARTS) is 1. The fourth-order valence-corrected chi connectivity index (χ4v) is 3.26. The number of likely N-dealkylation sites (tertiary alicyclic amines) is 1. The molecule has 1 saturated heterocycles. The maximum absolute atomic E-state index is 12.7. The Morgan fingerprint density at radius 2 is 1.87 bits per heavy atom. The number of carbonyl (C=O) groups is 4. The Hall–Kier alpha value is -2.89. The summed E-state index contributed by atoms with van der Waals surface area (Å²) in [6.45, 7) is 3.94. The van der Waals surface area contributed by atoms with Crippen molar-refractivity contribution in [3.05, 3.63) is 0 Å². The minimum Gasteiger partial charge on any atom is -0.480 e. The molecule has 12 heteroatoms. The summed E-state index contributed by atoms with van der Waals surface area (Å²) < 4.78 is 0. The largest absolute Gasteiger partial charge is 0.480 e. The summed E-state index contributed by atoms with van der Waals surface area (Å²) >= 11 is 0. The maximum Gasteiger partial charge on any atom is 0.326 e. The number of nitrogens with two attached hydrogens (primary N) is 3. The van der Waals surface area contributed by atoms with Gasteiger partial charge in [-0.1, -0.05) is 13.8 Å². The molecule has 0 aliphatic carbocycles. The summed E-state index contributed by atoms with van der Waals surface area (Å²) in [5.41, 5.74) is 15.9. The lowest BCUT2D eigenvalue weighted by Gasteiger charge is -2.28. The Morgan fingerprint density at radius 1 is 1.20 bits per heavy atom. The fraction of sp³-hybridized carbons (Fsp3) is 0.722. The molecule has 1 aliphatic heterocycles. The van der Waals surface area contributed by atoms with Gasteiger partial charge >= 0.3 is 5.97 Å². The van der Waals surface area contributed by atoms with Crippen molar-refractivity contribution in [2.75, 3.05) is 19.6 Å². The van der Waals surface area contributed by atoms with Crippen molar-refractivity contribution in [2.45, 2.75) is 57.7 Å². The molecular formula is C18H33N7O5. The quantitative estimate of drug-likeness (QED) is 0.120. The van der Waals surface area contributed by atoms with E-state index in [1.54, 1.807) is 13.8 Å². The molecule has 3 atom stereocenters. The lowest BCUT2D eigenvalue weighted by molar-refractivity contribution is -0.143. The second kappa shape index (κ2) is 12.0. The molecule has 1 aliphatic rings. The predicted molar refractivity (Wildman–Crippen MR) is 110 cm³/mol. The topological polar surface area (TPSA) is 206 Å². The molecule has 1 rings (SSSR count). The maximum atomic E-state index is 12.7. The summed E-state index contributed by atoms with van der Waals surface area (Å²) in [5.74, 6) is -2.99. The highest BCUT2D eigenvalue weighted by molar-refractivity contribution is 5.94. The van der Waals surface area contributed by atoms with Crippen molar-refractivity contribution < 1.29 is 24.3 Å². The first-order valence-corrected chi connectivity index (χ1v) is 9.97. The van der Waals surface area contributed by atoms with Gasteiger partial charge in [0.05, 0.1) is 6.54 Å². The van der Waals surface area contributed by atoms with Crippen LogP contribution in [0.25, 0.3) is 0 Å². The molecule has 170 valence electrons. The normalized spacial score (nSPS) is 17.9. The van der Waals surface area contributed by atoms with Gasteiger partial charge in [0, 0.05) is 13.1 Å². The number of carboxylic acids is 1. The van der Waals surface area contributed by atoms with E-state index in [0.717, 1.165) is 0 Å². The number of hydrogen-bond acceptors (Lipinski definition) is 6. The number of nitrogens with one attached hydrogen (secondary N) is 2. The molecule has 30 heavy (non-hydrogen) atoms. The molecule has 0 saturated carbocycles. The first-order valence-electron chi connectivity index (χ1n) is 9.97. The van der Waals surface area contributed by atoms with Crippen LogP contribution in [0.15, 0.2) is 4.99 Å². The van der Waals surface area contributed by atoms with Crippen molar-refractivity contribution in [2.24, 2.45) is 28.1 Å². The number of hydrogen-bond donors (Lipinski definition) is 6. The number of rotatable bonds is 11. The molecule has 3 unspecified atom stereocenters. The molecule has 1 fully saturated rings. The Balaban J connectivity index is 2.76. The van der Waals surface area contributed by atoms with Crippen molar-refractivity contribution in [1.82, 2.24) is 15.5 Å². The van der Waals surface area contributed by atoms with Crippen LogP contribution in [0.1, 0.15) is 39.5 Å². The Kier molecular flexibility index (Phi) is 10.0. The first-order chi connectivity index (χ1) is 14.1. The molecule has 0 aromatic carbocycles. The zero-order valence-corrected chi connectivity index (χ0v) is 17.5. The van der Waals surface area contributed by atoms with E-state index in [2.05, 4.69) is 15.6 Å². The minimum absolute atomic E-state index is 0.0948. The van der Waals surface area contributed by atoms with E-state index in [1.807, 2.05) is 0 Å². The number of guanidine groups is 1. The van der Waals surface area contributed by atoms with E-state index < -0.39 is 35.9 Å². The molecule has 12 nitrogen and oxygen atoms in total. The van der Waals surface area contributed by atoms with Gasteiger partial charge in [-0.05, 0) is 31.6 Å². The highest BCUT2D eigenvalue weighted by atomic mass is 16.4. The molecule has 0 aromatic heterocycles. The third-order valence-corrected chi connectivity index (χ3v) is 4.86. The third-order valence-electron chi connectivity index (χ3n) is 4.86. The zero-order chi connectivity index (χ0) is 22.8. The highest BCUT2D eigenvalue weighted by Gasteiger charge is 2.36. The van der Waals surface area contributed by atoms with Gasteiger partial charge in [-0.3, -0.25) is 19.4 Å². The van der Waals surface area contributed by atoms with E-state index in [0.29, 0.717) is 25.8 Å². The van der Waals surface area contributed by atoms with Gasteiger partial charge in [0.2, 0.25) is 17.7 Å². The zero-order valence-electron chi connectivity index (χ0n) is 17.5. The van der Waals surface area contributed by atoms with E-state index in [4.69, 9.17) is 17.2 Å². The van der Waals surface area contributed by atoms with Crippen LogP contribution < -0.4 is 27.8 Å². The van der Waals surface area contributed by atoms with Gasteiger partial charge in [-0.25, -0.2) is 4.79 Å². The van der Waals surface area contributed by atoms with Crippen molar-refractivity contribution in [3.8, 4) is 0 Å². The molecule has 3 amide bonds. The lowest BCUT2D eigenvalue weighted by Crippen LogP contribution is -2.57. The standard InChI is InChI=1S/C18H33N7O5/c1-10(2)14(24-15(27)12-6-4-8-25(12)13(26)9-19)16(28)23-11(17(29)30)5-3-7-22-18(20)21/h10-12,14H,3-9,19H2,1-2H3,(H,23,28)(H,24,27)(H,29,30)(H4,20,21,22). The molecule has 0 spiro atoms. The smallest absolute Gasteiger partial charge is 0.326 e. The predicted octanol–water partition coefficient (Wildman–Crippen LogP) is -2.30. The molecule has 9 N–H and O–H groups in total. The van der Waals surface area contributed by atoms with E-state index in [-0.39, 0.29) is 37.3 Å². The van der Waals surface area contributed by atoms with Gasteiger partial charge in [-0.15, -0.1) is 0 Å². The Labute approximate surface area is 175 Å². The van der Waals surface area contributed by atoms with Gasteiger partial charge in [0.25, 0.3) is 0 Å². The summed E-state index contributed by atoms with van der Waals surface area (Å²) in [6, 6.07) is -2.79. The van der Waals surface area contributed by atoms with Crippen LogP contribution in [0, 0.1) is 5.92 Å². The van der Waals surface area contributed by atoms with Crippen molar-refractivity contribution in [3.63, 3.8) is 0 Å². The van der Waals surface area contributed by atoms with Crippen LogP contribution in [0.4, 0.5) is 0 Å². The number of aliphatic carboxylic acids is 1. The number of amides is 3. The second-order valence-corrected chi connectivity index (χ2v) is 7.53. The Morgan fingerprint density at radius 3 is 2.40 bits per heavy atom. The average Bonchev–Trinajstić information content (AvgIpc) is 3.16. The van der Waals surface area contributed by atoms with E-state index in [9.17, 15) is 24.3 Å². The SMILES string of the molecule is CC(C)C(NC(=O)C1CCCN1C(=O)CN)C(=O)NC(CCCN=C(N)N)C(=O)O. The summed E-state index contributed by atoms with van der Waals surface area (Å²) in [7, 11) is 0. The molecular weight excluding hydrogens is 394 g/mol. The van der Waals surface area contributed by atoms with Gasteiger partial charge in [0.1, 0.15) is 18.1 Å². The van der Waals surface area contributed by atoms with Crippen LogP contribution in [-0.2, 0) is 19.2 Å². The molecule has 1 heterocycles. The summed E-state index contributed by atoms with van der Waals surface area (Å²) in [4.78, 5) is 54.0. The first kappa shape index (κ1) is 25.1. The monoisotopic (exact) mass is 427 g/mol. The summed E-state index contributed by atoms with van der Waals surface area (Å²) in [6.07, 6.45) is 1.62. The van der Waals surface area contributed by atoms with Crippen LogP contribution in [0.2, 0.25) is 0 Å². The molecule has 0 bridgehead atoms. The third kappa shape index (κ3) is 7.50. The van der Waals surface area contributed by atoms with E-state index in [1.165, 1.54) is 4.90 Å². The number of carbonyl (C=O) groups excluding carboxylic acids is 3. The summed E-state index contributed by atoms with van der Waals surface area (Å²) in [5, 5.41) is 14.5. The Bertz CT molecular complexity index is 663. The second-order valence-electron chi connectivity index (χ2n) is 7.53.